The van der Waals surface area contributed by atoms with Crippen molar-refractivity contribution in [2.75, 3.05) is 38.7 Å². The predicted molar refractivity (Wildman–Crippen MR) is 147 cm³/mol. The first-order valence-electron chi connectivity index (χ1n) is 11.7. The summed E-state index contributed by atoms with van der Waals surface area (Å²) in [7, 11) is 1.78. The molecular formula is C28H30ClN5O3. The number of ether oxygens (including phenoxy) is 1. The lowest BCUT2D eigenvalue weighted by atomic mass is 10.1. The van der Waals surface area contributed by atoms with Crippen LogP contribution in [-0.2, 0) is 17.6 Å². The zero-order valence-corrected chi connectivity index (χ0v) is 21.4. The van der Waals surface area contributed by atoms with E-state index in [1.165, 1.54) is 4.90 Å². The maximum absolute atomic E-state index is 11.8. The number of anilines is 1. The lowest BCUT2D eigenvalue weighted by molar-refractivity contribution is -0.133. The third-order valence-corrected chi connectivity index (χ3v) is 5.96. The van der Waals surface area contributed by atoms with Crippen molar-refractivity contribution in [3.05, 3.63) is 82.6 Å². The Morgan fingerprint density at radius 3 is 2.76 bits per heavy atom. The van der Waals surface area contributed by atoms with Gasteiger partial charge in [0.05, 0.1) is 24.3 Å². The number of nitrogens with one attached hydrogen (secondary N) is 1. The Hall–Kier alpha value is -4.06. The summed E-state index contributed by atoms with van der Waals surface area (Å²) in [6, 6.07) is 16.9. The van der Waals surface area contributed by atoms with Crippen molar-refractivity contribution < 1.29 is 14.6 Å². The highest BCUT2D eigenvalue weighted by Crippen LogP contribution is 2.29. The molecule has 0 atom stereocenters. The number of terminal acetylenes is 1. The van der Waals surface area contributed by atoms with Gasteiger partial charge in [0.2, 0.25) is 5.91 Å². The molecule has 37 heavy (non-hydrogen) atoms. The third kappa shape index (κ3) is 7.71. The van der Waals surface area contributed by atoms with E-state index in [1.54, 1.807) is 25.4 Å². The summed E-state index contributed by atoms with van der Waals surface area (Å²) >= 11 is 6.54. The van der Waals surface area contributed by atoms with Crippen LogP contribution in [-0.4, -0.2) is 60.1 Å². The van der Waals surface area contributed by atoms with Crippen molar-refractivity contribution in [1.82, 2.24) is 9.88 Å². The van der Waals surface area contributed by atoms with Gasteiger partial charge in [-0.05, 0) is 54.8 Å². The second kappa shape index (κ2) is 13.9. The molecule has 1 heterocycles. The molecule has 4 N–H and O–H groups in total. The molecule has 0 spiro atoms. The van der Waals surface area contributed by atoms with Crippen molar-refractivity contribution in [3.8, 4) is 18.1 Å². The first-order valence-corrected chi connectivity index (χ1v) is 12.1. The smallest absolute Gasteiger partial charge is 0.249 e. The molecule has 0 saturated carbocycles. The molecule has 2 aromatic carbocycles. The number of nitrogens with two attached hydrogens (primary N) is 1. The molecule has 3 rings (SSSR count). The second-order valence-corrected chi connectivity index (χ2v) is 8.46. The average Bonchev–Trinajstić information content (AvgIpc) is 2.92. The number of hydrogen-bond acceptors (Lipinski definition) is 6. The van der Waals surface area contributed by atoms with Gasteiger partial charge in [0.1, 0.15) is 24.8 Å². The monoisotopic (exact) mass is 519 g/mol. The van der Waals surface area contributed by atoms with Crippen molar-refractivity contribution in [2.24, 2.45) is 10.7 Å². The molecule has 8 nitrogen and oxygen atoms in total. The fourth-order valence-corrected chi connectivity index (χ4v) is 3.97. The molecule has 3 aromatic rings. The summed E-state index contributed by atoms with van der Waals surface area (Å²) in [6.45, 7) is -0.183. The van der Waals surface area contributed by atoms with Crippen LogP contribution >= 0.6 is 11.6 Å². The summed E-state index contributed by atoms with van der Waals surface area (Å²) in [5.41, 5.74) is 10.3. The number of amides is 1. The summed E-state index contributed by atoms with van der Waals surface area (Å²) in [4.78, 5) is 22.1. The number of halogens is 1. The minimum Gasteiger partial charge on any atom is -0.491 e. The van der Waals surface area contributed by atoms with E-state index in [4.69, 9.17) is 33.6 Å². The van der Waals surface area contributed by atoms with Crippen LogP contribution in [0.2, 0.25) is 5.02 Å². The molecule has 0 aliphatic rings. The van der Waals surface area contributed by atoms with Gasteiger partial charge in [0.25, 0.3) is 0 Å². The van der Waals surface area contributed by atoms with Gasteiger partial charge in [-0.2, -0.15) is 0 Å². The zero-order chi connectivity index (χ0) is 26.6. The van der Waals surface area contributed by atoms with E-state index in [9.17, 15) is 4.79 Å². The summed E-state index contributed by atoms with van der Waals surface area (Å²) in [5, 5.41) is 12.8. The molecule has 0 fully saturated rings. The van der Waals surface area contributed by atoms with Gasteiger partial charge in [0.15, 0.2) is 0 Å². The van der Waals surface area contributed by atoms with Crippen molar-refractivity contribution >= 4 is 34.7 Å². The Labute approximate surface area is 222 Å². The highest BCUT2D eigenvalue weighted by Gasteiger charge is 2.16. The van der Waals surface area contributed by atoms with Crippen LogP contribution < -0.4 is 15.8 Å². The molecule has 192 valence electrons. The zero-order valence-electron chi connectivity index (χ0n) is 20.7. The van der Waals surface area contributed by atoms with Crippen molar-refractivity contribution in [1.29, 1.82) is 0 Å². The van der Waals surface area contributed by atoms with E-state index in [2.05, 4.69) is 21.2 Å². The van der Waals surface area contributed by atoms with Crippen LogP contribution in [0.3, 0.4) is 0 Å². The first kappa shape index (κ1) is 27.5. The summed E-state index contributed by atoms with van der Waals surface area (Å²) in [5.74, 6) is 2.67. The number of rotatable bonds is 12. The number of aromatic nitrogens is 1. The SMILES string of the molecule is C#CCN(CCOc1cccc(NC)c1C(N)=Nc1ccc(CCc2ccccn2)c(Cl)c1)C(=O)CO. The van der Waals surface area contributed by atoms with Crippen molar-refractivity contribution in [3.63, 3.8) is 0 Å². The van der Waals surface area contributed by atoms with E-state index in [0.29, 0.717) is 22.0 Å². The molecular weight excluding hydrogens is 490 g/mol. The molecule has 1 aromatic heterocycles. The maximum atomic E-state index is 11.8. The number of aliphatic hydroxyl groups excluding tert-OH is 1. The number of carbonyl (C=O) groups excluding carboxylic acids is 1. The molecule has 0 bridgehead atoms. The lowest BCUT2D eigenvalue weighted by Gasteiger charge is -2.20. The Bertz CT molecular complexity index is 1270. The fourth-order valence-electron chi connectivity index (χ4n) is 3.70. The molecule has 9 heteroatoms. The topological polar surface area (TPSA) is 113 Å². The van der Waals surface area contributed by atoms with Crippen LogP contribution in [0.5, 0.6) is 5.75 Å². The molecule has 0 aliphatic carbocycles. The van der Waals surface area contributed by atoms with Gasteiger partial charge in [0, 0.05) is 29.6 Å². The Kier molecular flexibility index (Phi) is 10.3. The Morgan fingerprint density at radius 2 is 2.08 bits per heavy atom. The van der Waals surface area contributed by atoms with E-state index < -0.39 is 12.5 Å². The second-order valence-electron chi connectivity index (χ2n) is 8.05. The third-order valence-electron chi connectivity index (χ3n) is 5.60. The molecule has 0 saturated heterocycles. The lowest BCUT2D eigenvalue weighted by Crippen LogP contribution is -2.36. The van der Waals surface area contributed by atoms with E-state index in [0.717, 1.165) is 29.8 Å². The predicted octanol–water partition coefficient (Wildman–Crippen LogP) is 3.43. The molecule has 1 amide bonds. The molecule has 0 unspecified atom stereocenters. The number of benzene rings is 2. The molecule has 0 aliphatic heterocycles. The number of nitrogens with zero attached hydrogens (tertiary/aromatic N) is 3. The fraction of sp³-hybridized carbons (Fsp3) is 0.250. The van der Waals surface area contributed by atoms with Gasteiger partial charge >= 0.3 is 0 Å². The number of carbonyl (C=O) groups is 1. The first-order chi connectivity index (χ1) is 18.0. The number of amidine groups is 1. The summed E-state index contributed by atoms with van der Waals surface area (Å²) in [6.07, 6.45) is 8.64. The van der Waals surface area contributed by atoms with E-state index in [1.807, 2.05) is 42.5 Å². The standard InChI is InChI=1S/C28H30ClN5O3/c1-3-15-34(26(36)19-35)16-17-37-25-9-6-8-24(31-2)27(25)28(30)33-22-13-11-20(23(29)18-22)10-12-21-7-4-5-14-32-21/h1,4-9,11,13-14,18,31,35H,10,12,15-17,19H2,2H3,(H2,30,33). The van der Waals surface area contributed by atoms with E-state index in [-0.39, 0.29) is 25.5 Å². The minimum atomic E-state index is -0.619. The number of aliphatic hydroxyl groups is 1. The number of aryl methyl sites for hydroxylation is 2. The Balaban J connectivity index is 1.77. The number of pyridine rings is 1. The van der Waals surface area contributed by atoms with Crippen LogP contribution in [0.4, 0.5) is 11.4 Å². The Morgan fingerprint density at radius 1 is 1.24 bits per heavy atom. The van der Waals surface area contributed by atoms with Gasteiger partial charge in [-0.15, -0.1) is 6.42 Å². The van der Waals surface area contributed by atoms with Gasteiger partial charge in [-0.3, -0.25) is 9.78 Å². The van der Waals surface area contributed by atoms with Crippen LogP contribution in [0.25, 0.3) is 0 Å². The summed E-state index contributed by atoms with van der Waals surface area (Å²) < 4.78 is 5.95. The molecule has 0 radical (unpaired) electrons. The van der Waals surface area contributed by atoms with Crippen LogP contribution in [0.15, 0.2) is 65.8 Å². The quantitative estimate of drug-likeness (QED) is 0.192. The van der Waals surface area contributed by atoms with Gasteiger partial charge < -0.3 is 25.8 Å². The average molecular weight is 520 g/mol. The number of hydrogen-bond donors (Lipinski definition) is 3. The van der Waals surface area contributed by atoms with E-state index >= 15 is 0 Å². The van der Waals surface area contributed by atoms with Gasteiger partial charge in [-0.1, -0.05) is 35.7 Å². The van der Waals surface area contributed by atoms with Crippen LogP contribution in [0.1, 0.15) is 16.8 Å². The minimum absolute atomic E-state index is 0.0778. The normalized spacial score (nSPS) is 11.0. The van der Waals surface area contributed by atoms with Crippen molar-refractivity contribution in [2.45, 2.75) is 12.8 Å². The van der Waals surface area contributed by atoms with Gasteiger partial charge in [-0.25, -0.2) is 4.99 Å². The highest BCUT2D eigenvalue weighted by atomic mass is 35.5. The largest absolute Gasteiger partial charge is 0.491 e. The highest BCUT2D eigenvalue weighted by molar-refractivity contribution is 6.31. The van der Waals surface area contributed by atoms with Crippen LogP contribution in [0, 0.1) is 12.3 Å². The number of aliphatic imine (C=N–C) groups is 1. The maximum Gasteiger partial charge on any atom is 0.249 e.